The molecule has 0 aromatic heterocycles. The summed E-state index contributed by atoms with van der Waals surface area (Å²) < 4.78 is 0. The van der Waals surface area contributed by atoms with Crippen molar-refractivity contribution in [2.24, 2.45) is 0 Å². The third-order valence-corrected chi connectivity index (χ3v) is 4.02. The van der Waals surface area contributed by atoms with Gasteiger partial charge in [0.15, 0.2) is 0 Å². The smallest absolute Gasteiger partial charge is 0.00302 e. The molecule has 0 spiro atoms. The number of benzene rings is 3. The zero-order chi connectivity index (χ0) is 13.8. The highest BCUT2D eigenvalue weighted by Gasteiger charge is 2.18. The van der Waals surface area contributed by atoms with Crippen molar-refractivity contribution in [2.75, 3.05) is 0 Å². The number of rotatable bonds is 0. The lowest BCUT2D eigenvalue weighted by atomic mass is 9.82. The Labute approximate surface area is 114 Å². The van der Waals surface area contributed by atoms with Crippen LogP contribution in [0.25, 0.3) is 28.1 Å². The summed E-state index contributed by atoms with van der Waals surface area (Å²) in [4.78, 5) is 0. The van der Waals surface area contributed by atoms with Crippen LogP contribution in [-0.4, -0.2) is 0 Å². The van der Waals surface area contributed by atoms with Gasteiger partial charge in [-0.1, -0.05) is 57.7 Å². The van der Waals surface area contributed by atoms with Crippen molar-refractivity contribution in [3.8, 4) is 0 Å². The quantitative estimate of drug-likeness (QED) is 0.539. The van der Waals surface area contributed by atoms with Crippen LogP contribution in [0.4, 0.5) is 0 Å². The van der Waals surface area contributed by atoms with Crippen LogP contribution in [0.2, 0.25) is 0 Å². The van der Waals surface area contributed by atoms with Gasteiger partial charge in [0.1, 0.15) is 0 Å². The number of hydrogen-bond acceptors (Lipinski definition) is 0. The van der Waals surface area contributed by atoms with Gasteiger partial charge in [-0.25, -0.2) is 0 Å². The molecule has 0 aliphatic heterocycles. The van der Waals surface area contributed by atoms with Crippen LogP contribution < -0.4 is 5.22 Å². The van der Waals surface area contributed by atoms with E-state index >= 15 is 0 Å². The van der Waals surface area contributed by atoms with Gasteiger partial charge in [-0.3, -0.25) is 0 Å². The predicted octanol–water partition coefficient (Wildman–Crippen LogP) is 4.73. The Balaban J connectivity index is 2.64. The Morgan fingerprint density at radius 1 is 0.895 bits per heavy atom. The van der Waals surface area contributed by atoms with Crippen LogP contribution in [0.3, 0.4) is 0 Å². The van der Waals surface area contributed by atoms with E-state index in [0.717, 1.165) is 0 Å². The van der Waals surface area contributed by atoms with E-state index in [2.05, 4.69) is 70.7 Å². The Morgan fingerprint density at radius 2 is 1.58 bits per heavy atom. The van der Waals surface area contributed by atoms with Crippen LogP contribution in [0.1, 0.15) is 31.9 Å². The molecule has 0 aliphatic rings. The second kappa shape index (κ2) is 3.84. The zero-order valence-corrected chi connectivity index (χ0v) is 12.2. The summed E-state index contributed by atoms with van der Waals surface area (Å²) in [7, 11) is 0. The Kier molecular flexibility index (Phi) is 2.47. The maximum Gasteiger partial charge on any atom is -0.00302 e. The first-order chi connectivity index (χ1) is 8.89. The summed E-state index contributed by atoms with van der Waals surface area (Å²) in [6, 6.07) is 13.3. The molecule has 0 radical (unpaired) electrons. The van der Waals surface area contributed by atoms with E-state index in [0.29, 0.717) is 0 Å². The predicted molar refractivity (Wildman–Crippen MR) is 85.6 cm³/mol. The SMILES string of the molecule is C=c1c(C(C)(C)C)cc2cccc3ccc(C)c1c32. The molecule has 0 bridgehead atoms. The maximum absolute atomic E-state index is 4.38. The summed E-state index contributed by atoms with van der Waals surface area (Å²) in [5.41, 5.74) is 2.79. The first-order valence-corrected chi connectivity index (χ1v) is 6.84. The first kappa shape index (κ1) is 12.2. The fourth-order valence-electron chi connectivity index (χ4n) is 3.07. The van der Waals surface area contributed by atoms with Gasteiger partial charge in [0.25, 0.3) is 0 Å². The minimum absolute atomic E-state index is 0.124. The largest absolute Gasteiger partial charge is 0.0908 e. The summed E-state index contributed by atoms with van der Waals surface area (Å²) in [6.07, 6.45) is 0. The van der Waals surface area contributed by atoms with E-state index in [1.54, 1.807) is 0 Å². The van der Waals surface area contributed by atoms with Gasteiger partial charge in [0, 0.05) is 0 Å². The fourth-order valence-corrected chi connectivity index (χ4v) is 3.07. The molecule has 3 rings (SSSR count). The van der Waals surface area contributed by atoms with E-state index in [9.17, 15) is 0 Å². The summed E-state index contributed by atoms with van der Waals surface area (Å²) in [5, 5.41) is 6.52. The Hall–Kier alpha value is -1.82. The van der Waals surface area contributed by atoms with E-state index in [1.165, 1.54) is 37.9 Å². The average molecular weight is 248 g/mol. The normalized spacial score (nSPS) is 12.4. The van der Waals surface area contributed by atoms with E-state index in [1.807, 2.05) is 0 Å². The van der Waals surface area contributed by atoms with Gasteiger partial charge in [-0.2, -0.15) is 0 Å². The highest BCUT2D eigenvalue weighted by molar-refractivity contribution is 6.11. The monoisotopic (exact) mass is 248 g/mol. The Morgan fingerprint density at radius 3 is 2.26 bits per heavy atom. The van der Waals surface area contributed by atoms with Crippen molar-refractivity contribution in [1.82, 2.24) is 0 Å². The molecule has 0 amide bonds. The standard InChI is InChI=1S/C19H20/c1-12-9-10-14-7-6-8-15-11-16(19(3,4)5)13(2)17(12)18(14)15/h6-11H,2H2,1,3-5H3. The van der Waals surface area contributed by atoms with Crippen LogP contribution in [-0.2, 0) is 5.41 Å². The summed E-state index contributed by atoms with van der Waals surface area (Å²) in [6.45, 7) is 13.3. The molecule has 0 fully saturated rings. The lowest BCUT2D eigenvalue weighted by molar-refractivity contribution is 0.588. The highest BCUT2D eigenvalue weighted by Crippen LogP contribution is 2.30. The molecule has 3 aromatic rings. The summed E-state index contributed by atoms with van der Waals surface area (Å²) in [5.74, 6) is 0. The van der Waals surface area contributed by atoms with Crippen molar-refractivity contribution < 1.29 is 0 Å². The van der Waals surface area contributed by atoms with Gasteiger partial charge in [0.2, 0.25) is 0 Å². The van der Waals surface area contributed by atoms with Gasteiger partial charge < -0.3 is 0 Å². The minimum Gasteiger partial charge on any atom is -0.0908 e. The van der Waals surface area contributed by atoms with Gasteiger partial charge in [-0.15, -0.1) is 0 Å². The van der Waals surface area contributed by atoms with Crippen molar-refractivity contribution in [1.29, 1.82) is 0 Å². The zero-order valence-electron chi connectivity index (χ0n) is 12.2. The van der Waals surface area contributed by atoms with Gasteiger partial charge in [0.05, 0.1) is 0 Å². The molecule has 0 saturated carbocycles. The third kappa shape index (κ3) is 1.74. The molecule has 19 heavy (non-hydrogen) atoms. The molecular formula is C19H20. The number of hydrogen-bond donors (Lipinski definition) is 0. The van der Waals surface area contributed by atoms with E-state index in [-0.39, 0.29) is 5.41 Å². The van der Waals surface area contributed by atoms with E-state index in [4.69, 9.17) is 0 Å². The van der Waals surface area contributed by atoms with Gasteiger partial charge >= 0.3 is 0 Å². The van der Waals surface area contributed by atoms with E-state index < -0.39 is 0 Å². The lowest BCUT2D eigenvalue weighted by Crippen LogP contribution is -2.22. The second-order valence-electron chi connectivity index (χ2n) is 6.49. The molecule has 0 heterocycles. The topological polar surface area (TPSA) is 0 Å². The maximum atomic E-state index is 4.38. The lowest BCUT2D eigenvalue weighted by Gasteiger charge is -2.22. The van der Waals surface area contributed by atoms with Crippen LogP contribution in [0, 0.1) is 6.92 Å². The Bertz CT molecular complexity index is 817. The summed E-state index contributed by atoms with van der Waals surface area (Å²) >= 11 is 0. The minimum atomic E-state index is 0.124. The van der Waals surface area contributed by atoms with Crippen LogP contribution in [0.5, 0.6) is 0 Å². The highest BCUT2D eigenvalue weighted by atomic mass is 14.2. The fraction of sp³-hybridized carbons (Fsp3) is 0.263. The first-order valence-electron chi connectivity index (χ1n) is 6.84. The van der Waals surface area contributed by atoms with Crippen molar-refractivity contribution >= 4 is 28.1 Å². The van der Waals surface area contributed by atoms with Crippen molar-refractivity contribution in [3.63, 3.8) is 0 Å². The molecule has 0 unspecified atom stereocenters. The van der Waals surface area contributed by atoms with Crippen molar-refractivity contribution in [3.05, 3.63) is 52.7 Å². The molecule has 3 aromatic carbocycles. The van der Waals surface area contributed by atoms with Crippen molar-refractivity contribution in [2.45, 2.75) is 33.1 Å². The molecule has 0 aliphatic carbocycles. The molecule has 96 valence electrons. The second-order valence-corrected chi connectivity index (χ2v) is 6.49. The molecule has 0 heteroatoms. The van der Waals surface area contributed by atoms with Crippen LogP contribution in [0.15, 0.2) is 36.4 Å². The molecule has 0 N–H and O–H groups in total. The molecule has 0 nitrogen and oxygen atoms in total. The molecule has 0 saturated heterocycles. The van der Waals surface area contributed by atoms with Gasteiger partial charge in [-0.05, 0) is 56.3 Å². The number of aryl methyl sites for hydroxylation is 1. The van der Waals surface area contributed by atoms with Crippen LogP contribution >= 0.6 is 0 Å². The molecule has 0 atom stereocenters. The molecular weight excluding hydrogens is 228 g/mol. The third-order valence-electron chi connectivity index (χ3n) is 4.02. The average Bonchev–Trinajstić information content (AvgIpc) is 2.34.